The van der Waals surface area contributed by atoms with Gasteiger partial charge in [-0.1, -0.05) is 52.9 Å². The minimum atomic E-state index is -0.333. The molecule has 0 bridgehead atoms. The highest BCUT2D eigenvalue weighted by atomic mass is 35.5. The molecule has 1 aromatic heterocycles. The lowest BCUT2D eigenvalue weighted by Crippen LogP contribution is -2.14. The van der Waals surface area contributed by atoms with Crippen LogP contribution in [0.25, 0.3) is 0 Å². The van der Waals surface area contributed by atoms with Crippen LogP contribution < -0.4 is 10.6 Å². The summed E-state index contributed by atoms with van der Waals surface area (Å²) in [4.78, 5) is 12.0. The lowest BCUT2D eigenvalue weighted by Gasteiger charge is -2.05. The Morgan fingerprint density at radius 3 is 2.84 bits per heavy atom. The number of nitrogens with zero attached hydrogens (tertiary/aromatic N) is 2. The number of para-hydroxylation sites is 1. The van der Waals surface area contributed by atoms with Crippen LogP contribution >= 0.6 is 34.7 Å². The zero-order valence-electron chi connectivity index (χ0n) is 12.7. The van der Waals surface area contributed by atoms with Crippen molar-refractivity contribution < 1.29 is 9.18 Å². The van der Waals surface area contributed by atoms with Crippen molar-refractivity contribution in [2.45, 2.75) is 4.34 Å². The van der Waals surface area contributed by atoms with Gasteiger partial charge in [-0.05, 0) is 30.3 Å². The molecule has 9 heteroatoms. The average Bonchev–Trinajstić information content (AvgIpc) is 3.03. The van der Waals surface area contributed by atoms with Gasteiger partial charge >= 0.3 is 0 Å². The molecule has 0 aliphatic carbocycles. The Hall–Kier alpha value is -2.16. The number of thioether (sulfide) groups is 1. The number of carbonyl (C=O) groups is 1. The SMILES string of the molecule is O=C(CSc1nnc(Nc2cccc(F)c2)s1)Nc1ccccc1Cl. The van der Waals surface area contributed by atoms with Gasteiger partial charge in [-0.2, -0.15) is 0 Å². The Labute approximate surface area is 156 Å². The Balaban J connectivity index is 1.53. The molecule has 0 atom stereocenters. The van der Waals surface area contributed by atoms with Crippen LogP contribution in [0.2, 0.25) is 5.02 Å². The van der Waals surface area contributed by atoms with E-state index < -0.39 is 0 Å². The van der Waals surface area contributed by atoms with Crippen LogP contribution in [0.4, 0.5) is 20.9 Å². The van der Waals surface area contributed by atoms with Crippen LogP contribution in [0.1, 0.15) is 0 Å². The molecule has 0 aliphatic heterocycles. The van der Waals surface area contributed by atoms with Crippen molar-refractivity contribution in [1.82, 2.24) is 10.2 Å². The van der Waals surface area contributed by atoms with Crippen molar-refractivity contribution in [3.05, 3.63) is 59.4 Å². The highest BCUT2D eigenvalue weighted by molar-refractivity contribution is 8.01. The van der Waals surface area contributed by atoms with Gasteiger partial charge < -0.3 is 10.6 Å². The van der Waals surface area contributed by atoms with Crippen molar-refractivity contribution in [3.8, 4) is 0 Å². The molecule has 0 saturated carbocycles. The maximum Gasteiger partial charge on any atom is 0.234 e. The monoisotopic (exact) mass is 394 g/mol. The lowest BCUT2D eigenvalue weighted by molar-refractivity contribution is -0.113. The molecular formula is C16H12ClFN4OS2. The summed E-state index contributed by atoms with van der Waals surface area (Å²) in [5.74, 6) is -0.340. The smallest absolute Gasteiger partial charge is 0.234 e. The predicted octanol–water partition coefficient (Wildman–Crippen LogP) is 4.81. The van der Waals surface area contributed by atoms with Gasteiger partial charge in [0.2, 0.25) is 11.0 Å². The molecule has 0 saturated heterocycles. The Morgan fingerprint density at radius 1 is 1.20 bits per heavy atom. The summed E-state index contributed by atoms with van der Waals surface area (Å²) in [6.45, 7) is 0. The second-order valence-corrected chi connectivity index (χ2v) is 7.43. The minimum absolute atomic E-state index is 0.180. The van der Waals surface area contributed by atoms with Crippen LogP contribution in [-0.2, 0) is 4.79 Å². The van der Waals surface area contributed by atoms with Gasteiger partial charge in [0.25, 0.3) is 0 Å². The Bertz CT molecular complexity index is 890. The third-order valence-corrected chi connectivity index (χ3v) is 5.26. The number of carbonyl (C=O) groups excluding carboxylic acids is 1. The number of halogens is 2. The fourth-order valence-corrected chi connectivity index (χ4v) is 3.64. The zero-order valence-corrected chi connectivity index (χ0v) is 15.1. The van der Waals surface area contributed by atoms with E-state index in [0.29, 0.717) is 25.9 Å². The van der Waals surface area contributed by atoms with Crippen LogP contribution in [0.5, 0.6) is 0 Å². The maximum absolute atomic E-state index is 13.2. The summed E-state index contributed by atoms with van der Waals surface area (Å²) in [5.41, 5.74) is 1.16. The van der Waals surface area contributed by atoms with E-state index >= 15 is 0 Å². The van der Waals surface area contributed by atoms with Gasteiger partial charge in [0.05, 0.1) is 16.5 Å². The molecule has 128 valence electrons. The van der Waals surface area contributed by atoms with E-state index in [-0.39, 0.29) is 17.5 Å². The maximum atomic E-state index is 13.2. The minimum Gasteiger partial charge on any atom is -0.330 e. The van der Waals surface area contributed by atoms with E-state index in [1.807, 2.05) is 0 Å². The van der Waals surface area contributed by atoms with Gasteiger partial charge in [-0.15, -0.1) is 10.2 Å². The first-order chi connectivity index (χ1) is 12.1. The number of nitrogens with one attached hydrogen (secondary N) is 2. The number of hydrogen-bond donors (Lipinski definition) is 2. The van der Waals surface area contributed by atoms with Gasteiger partial charge in [0, 0.05) is 5.69 Å². The van der Waals surface area contributed by atoms with Gasteiger partial charge in [0.1, 0.15) is 5.82 Å². The van der Waals surface area contributed by atoms with Crippen LogP contribution in [-0.4, -0.2) is 21.9 Å². The molecule has 2 aromatic carbocycles. The van der Waals surface area contributed by atoms with Crippen molar-refractivity contribution in [2.24, 2.45) is 0 Å². The summed E-state index contributed by atoms with van der Waals surface area (Å²) < 4.78 is 13.8. The third kappa shape index (κ3) is 5.15. The van der Waals surface area contributed by atoms with E-state index in [1.54, 1.807) is 36.4 Å². The third-order valence-electron chi connectivity index (χ3n) is 2.96. The van der Waals surface area contributed by atoms with Crippen molar-refractivity contribution in [2.75, 3.05) is 16.4 Å². The number of aromatic nitrogens is 2. The van der Waals surface area contributed by atoms with E-state index in [1.165, 1.54) is 35.2 Å². The largest absolute Gasteiger partial charge is 0.330 e. The highest BCUT2D eigenvalue weighted by Gasteiger charge is 2.10. The number of amides is 1. The van der Waals surface area contributed by atoms with Gasteiger partial charge in [0.15, 0.2) is 4.34 Å². The summed E-state index contributed by atoms with van der Waals surface area (Å²) in [6.07, 6.45) is 0. The van der Waals surface area contributed by atoms with E-state index in [2.05, 4.69) is 20.8 Å². The van der Waals surface area contributed by atoms with Crippen molar-refractivity contribution >= 4 is 57.1 Å². The van der Waals surface area contributed by atoms with Crippen LogP contribution in [0.3, 0.4) is 0 Å². The molecule has 0 aliphatic rings. The summed E-state index contributed by atoms with van der Waals surface area (Å²) in [6, 6.07) is 13.1. The molecule has 0 radical (unpaired) electrons. The number of benzene rings is 2. The molecule has 2 N–H and O–H groups in total. The Kier molecular flexibility index (Phi) is 5.85. The molecule has 5 nitrogen and oxygen atoms in total. The first-order valence-corrected chi connectivity index (χ1v) is 9.31. The molecular weight excluding hydrogens is 383 g/mol. The molecule has 1 amide bonds. The first kappa shape index (κ1) is 17.7. The molecule has 3 rings (SSSR count). The number of rotatable bonds is 6. The van der Waals surface area contributed by atoms with Crippen molar-refractivity contribution in [1.29, 1.82) is 0 Å². The predicted molar refractivity (Wildman–Crippen MR) is 100 cm³/mol. The number of anilines is 3. The molecule has 0 fully saturated rings. The number of hydrogen-bond acceptors (Lipinski definition) is 6. The average molecular weight is 395 g/mol. The van der Waals surface area contributed by atoms with Gasteiger partial charge in [-0.25, -0.2) is 4.39 Å². The summed E-state index contributed by atoms with van der Waals surface area (Å²) >= 11 is 8.55. The quantitative estimate of drug-likeness (QED) is 0.587. The van der Waals surface area contributed by atoms with E-state index in [0.717, 1.165) is 0 Å². The highest BCUT2D eigenvalue weighted by Crippen LogP contribution is 2.28. The topological polar surface area (TPSA) is 66.9 Å². The van der Waals surface area contributed by atoms with Crippen molar-refractivity contribution in [3.63, 3.8) is 0 Å². The molecule has 25 heavy (non-hydrogen) atoms. The van der Waals surface area contributed by atoms with E-state index in [9.17, 15) is 9.18 Å². The summed E-state index contributed by atoms with van der Waals surface area (Å²) in [7, 11) is 0. The van der Waals surface area contributed by atoms with Crippen LogP contribution in [0, 0.1) is 5.82 Å². The normalized spacial score (nSPS) is 10.5. The fourth-order valence-electron chi connectivity index (χ4n) is 1.88. The molecule has 1 heterocycles. The molecule has 3 aromatic rings. The second-order valence-electron chi connectivity index (χ2n) is 4.83. The van der Waals surface area contributed by atoms with Crippen LogP contribution in [0.15, 0.2) is 52.9 Å². The second kappa shape index (κ2) is 8.28. The fraction of sp³-hybridized carbons (Fsp3) is 0.0625. The van der Waals surface area contributed by atoms with E-state index in [4.69, 9.17) is 11.6 Å². The zero-order chi connectivity index (χ0) is 17.6. The Morgan fingerprint density at radius 2 is 2.04 bits per heavy atom. The molecule has 0 unspecified atom stereocenters. The molecule has 0 spiro atoms. The lowest BCUT2D eigenvalue weighted by atomic mass is 10.3. The summed E-state index contributed by atoms with van der Waals surface area (Å²) in [5, 5.41) is 14.7. The first-order valence-electron chi connectivity index (χ1n) is 7.13. The van der Waals surface area contributed by atoms with Gasteiger partial charge in [-0.3, -0.25) is 4.79 Å². The standard InChI is InChI=1S/C16H12ClFN4OS2/c17-12-6-1-2-7-13(12)20-14(23)9-24-16-22-21-15(25-16)19-11-5-3-4-10(18)8-11/h1-8H,9H2,(H,19,21)(H,20,23).